The van der Waals surface area contributed by atoms with E-state index in [0.717, 1.165) is 10.8 Å². The first-order valence-electron chi connectivity index (χ1n) is 10.7. The fourth-order valence-corrected chi connectivity index (χ4v) is 3.87. The molecule has 2 N–H and O–H groups in total. The summed E-state index contributed by atoms with van der Waals surface area (Å²) >= 11 is 0. The van der Waals surface area contributed by atoms with E-state index in [1.54, 1.807) is 42.6 Å². The van der Waals surface area contributed by atoms with Crippen LogP contribution in [-0.2, 0) is 14.4 Å². The lowest BCUT2D eigenvalue weighted by atomic mass is 10.1. The topological polar surface area (TPSA) is 101 Å². The number of fused-ring (bicyclic) bond motifs is 3. The van der Waals surface area contributed by atoms with Crippen molar-refractivity contribution in [3.05, 3.63) is 85.2 Å². The number of pyridine rings is 1. The molecule has 1 aromatic heterocycles. The van der Waals surface area contributed by atoms with Gasteiger partial charge in [0.1, 0.15) is 12.2 Å². The molecule has 0 saturated heterocycles. The van der Waals surface area contributed by atoms with Gasteiger partial charge in [0, 0.05) is 23.0 Å². The Kier molecular flexibility index (Phi) is 6.93. The summed E-state index contributed by atoms with van der Waals surface area (Å²) in [5.41, 5.74) is 2.33. The average Bonchev–Trinajstić information content (AvgIpc) is 2.98. The lowest BCUT2D eigenvalue weighted by Crippen LogP contribution is -2.26. The van der Waals surface area contributed by atoms with Crippen LogP contribution in [-0.4, -0.2) is 29.3 Å². The van der Waals surface area contributed by atoms with E-state index < -0.39 is 0 Å². The van der Waals surface area contributed by atoms with Gasteiger partial charge >= 0.3 is 0 Å². The van der Waals surface area contributed by atoms with E-state index in [2.05, 4.69) is 15.6 Å². The molecule has 5 rings (SSSR count). The predicted octanol–water partition coefficient (Wildman–Crippen LogP) is 4.68. The monoisotopic (exact) mass is 488 g/mol. The molecule has 4 aromatic rings. The number of carbonyl (C=O) groups is 3. The second-order valence-electron chi connectivity index (χ2n) is 7.71. The molecule has 3 amide bonds. The van der Waals surface area contributed by atoms with Gasteiger partial charge in [0.25, 0.3) is 5.91 Å². The first-order valence-corrected chi connectivity index (χ1v) is 10.7. The molecular weight excluding hydrogens is 468 g/mol. The number of anilines is 4. The first kappa shape index (κ1) is 23.7. The highest BCUT2D eigenvalue weighted by Gasteiger charge is 2.28. The second-order valence-corrected chi connectivity index (χ2v) is 7.71. The van der Waals surface area contributed by atoms with Gasteiger partial charge in [-0.25, -0.2) is 0 Å². The van der Waals surface area contributed by atoms with Crippen LogP contribution in [0.4, 0.5) is 22.7 Å². The minimum absolute atomic E-state index is 0. The van der Waals surface area contributed by atoms with Crippen LogP contribution in [0.3, 0.4) is 0 Å². The molecule has 3 aromatic carbocycles. The van der Waals surface area contributed by atoms with Gasteiger partial charge in [-0.3, -0.25) is 24.3 Å². The normalized spacial score (nSPS) is 12.7. The highest BCUT2D eigenvalue weighted by atomic mass is 35.5. The fraction of sp³-hybridized carbons (Fsp3) is 0.0769. The Bertz CT molecular complexity index is 1390. The lowest BCUT2D eigenvalue weighted by Gasteiger charge is -2.23. The molecule has 0 atom stereocenters. The van der Waals surface area contributed by atoms with E-state index >= 15 is 0 Å². The van der Waals surface area contributed by atoms with E-state index in [1.165, 1.54) is 11.1 Å². The third kappa shape index (κ3) is 5.07. The molecule has 176 valence electrons. The zero-order chi connectivity index (χ0) is 23.5. The van der Waals surface area contributed by atoms with Crippen molar-refractivity contribution in [1.82, 2.24) is 4.98 Å². The summed E-state index contributed by atoms with van der Waals surface area (Å²) < 4.78 is 5.40. The lowest BCUT2D eigenvalue weighted by molar-refractivity contribution is -0.124. The Morgan fingerprint density at radius 1 is 1.00 bits per heavy atom. The van der Waals surface area contributed by atoms with Crippen LogP contribution in [0.1, 0.15) is 6.42 Å². The maximum atomic E-state index is 13.0. The number of benzene rings is 3. The van der Waals surface area contributed by atoms with Crippen LogP contribution in [0.5, 0.6) is 5.75 Å². The van der Waals surface area contributed by atoms with Crippen molar-refractivity contribution in [2.75, 3.05) is 22.1 Å². The Labute approximate surface area is 207 Å². The number of nitrogens with zero attached hydrogens (tertiary/aromatic N) is 2. The van der Waals surface area contributed by atoms with Gasteiger partial charge < -0.3 is 15.4 Å². The standard InChI is InChI=1S/C26H20N4O4.ClH/c31-23-14-25(33)30(22-12-7-17-4-1-2-6-21(17)26(22)29-23)19-10-8-18(9-11-19)28-24(32)16-34-20-5-3-13-27-15-20;/h1-13,15H,14,16H2,(H,28,32)(H,29,31);1H. The predicted molar refractivity (Wildman–Crippen MR) is 136 cm³/mol. The Balaban J connectivity index is 0.00000289. The zero-order valence-electron chi connectivity index (χ0n) is 18.4. The summed E-state index contributed by atoms with van der Waals surface area (Å²) in [6.45, 7) is -0.160. The van der Waals surface area contributed by atoms with Crippen LogP contribution in [0.25, 0.3) is 10.8 Å². The number of halogens is 1. The first-order chi connectivity index (χ1) is 16.6. The van der Waals surface area contributed by atoms with Crippen LogP contribution in [0.15, 0.2) is 85.2 Å². The third-order valence-electron chi connectivity index (χ3n) is 5.39. The van der Waals surface area contributed by atoms with Crippen molar-refractivity contribution >= 4 is 63.7 Å². The van der Waals surface area contributed by atoms with E-state index in [1.807, 2.05) is 36.4 Å². The maximum absolute atomic E-state index is 13.0. The van der Waals surface area contributed by atoms with Crippen LogP contribution in [0.2, 0.25) is 0 Å². The zero-order valence-corrected chi connectivity index (χ0v) is 19.2. The molecule has 8 nitrogen and oxygen atoms in total. The summed E-state index contributed by atoms with van der Waals surface area (Å²) in [4.78, 5) is 43.1. The summed E-state index contributed by atoms with van der Waals surface area (Å²) in [7, 11) is 0. The number of amides is 3. The number of nitrogens with one attached hydrogen (secondary N) is 2. The van der Waals surface area contributed by atoms with Gasteiger partial charge in [0.15, 0.2) is 6.61 Å². The number of carbonyl (C=O) groups excluding carboxylic acids is 3. The average molecular weight is 489 g/mol. The number of hydrogen-bond donors (Lipinski definition) is 2. The molecule has 2 heterocycles. The van der Waals surface area contributed by atoms with Crippen molar-refractivity contribution in [2.24, 2.45) is 0 Å². The highest BCUT2D eigenvalue weighted by molar-refractivity contribution is 6.21. The van der Waals surface area contributed by atoms with Gasteiger partial charge in [0.05, 0.1) is 17.6 Å². The summed E-state index contributed by atoms with van der Waals surface area (Å²) in [6, 6.07) is 21.7. The largest absolute Gasteiger partial charge is 0.482 e. The summed E-state index contributed by atoms with van der Waals surface area (Å²) in [5, 5.41) is 7.46. The van der Waals surface area contributed by atoms with Gasteiger partial charge in [0.2, 0.25) is 11.8 Å². The molecule has 0 radical (unpaired) electrons. The quantitative estimate of drug-likeness (QED) is 0.397. The molecule has 0 fully saturated rings. The van der Waals surface area contributed by atoms with Crippen molar-refractivity contribution in [2.45, 2.75) is 6.42 Å². The second kappa shape index (κ2) is 10.2. The molecule has 0 saturated carbocycles. The highest BCUT2D eigenvalue weighted by Crippen LogP contribution is 2.40. The molecule has 0 unspecified atom stereocenters. The molecule has 9 heteroatoms. The maximum Gasteiger partial charge on any atom is 0.262 e. The van der Waals surface area contributed by atoms with Crippen molar-refractivity contribution in [3.8, 4) is 5.75 Å². The van der Waals surface area contributed by atoms with Crippen LogP contribution >= 0.6 is 12.4 Å². The SMILES string of the molecule is Cl.O=C(COc1cccnc1)Nc1ccc(N2C(=O)CC(=O)Nc3c2ccc2ccccc32)cc1. The van der Waals surface area contributed by atoms with Crippen molar-refractivity contribution in [1.29, 1.82) is 0 Å². The third-order valence-corrected chi connectivity index (χ3v) is 5.39. The Morgan fingerprint density at radius 2 is 1.80 bits per heavy atom. The molecular formula is C26H21ClN4O4. The van der Waals surface area contributed by atoms with E-state index in [4.69, 9.17) is 4.74 Å². The van der Waals surface area contributed by atoms with Crippen molar-refractivity contribution in [3.63, 3.8) is 0 Å². The minimum Gasteiger partial charge on any atom is -0.482 e. The Morgan fingerprint density at radius 3 is 2.57 bits per heavy atom. The van der Waals surface area contributed by atoms with E-state index in [9.17, 15) is 14.4 Å². The number of rotatable bonds is 5. The smallest absolute Gasteiger partial charge is 0.262 e. The molecule has 0 aliphatic carbocycles. The molecule has 1 aliphatic rings. The van der Waals surface area contributed by atoms with Crippen LogP contribution in [0, 0.1) is 0 Å². The van der Waals surface area contributed by atoms with Crippen LogP contribution < -0.4 is 20.3 Å². The van der Waals surface area contributed by atoms with Gasteiger partial charge in [-0.2, -0.15) is 0 Å². The van der Waals surface area contributed by atoms with Gasteiger partial charge in [-0.05, 0) is 47.9 Å². The number of aromatic nitrogens is 1. The fourth-order valence-electron chi connectivity index (χ4n) is 3.87. The number of ether oxygens (including phenoxy) is 1. The van der Waals surface area contributed by atoms with Crippen molar-refractivity contribution < 1.29 is 19.1 Å². The van der Waals surface area contributed by atoms with Gasteiger partial charge in [-0.15, -0.1) is 12.4 Å². The summed E-state index contributed by atoms with van der Waals surface area (Å²) in [6.07, 6.45) is 2.88. The molecule has 0 bridgehead atoms. The van der Waals surface area contributed by atoms with Gasteiger partial charge in [-0.1, -0.05) is 30.3 Å². The summed E-state index contributed by atoms with van der Waals surface area (Å²) in [5.74, 6) is -0.521. The van der Waals surface area contributed by atoms with E-state index in [-0.39, 0.29) is 43.2 Å². The Hall–Kier alpha value is -4.43. The number of hydrogen-bond acceptors (Lipinski definition) is 5. The molecule has 0 spiro atoms. The molecule has 35 heavy (non-hydrogen) atoms. The van der Waals surface area contributed by atoms with E-state index in [0.29, 0.717) is 28.5 Å². The minimum atomic E-state index is -0.359. The molecule has 1 aliphatic heterocycles.